The number of aromatic nitrogens is 2. The number of ether oxygens (including phenoxy) is 1. The fraction of sp³-hybridized carbons (Fsp3) is 0.765. The molecule has 0 radical (unpaired) electrons. The van der Waals surface area contributed by atoms with Gasteiger partial charge < -0.3 is 10.1 Å². The highest BCUT2D eigenvalue weighted by Gasteiger charge is 2.47. The molecule has 1 amide bonds. The van der Waals surface area contributed by atoms with Gasteiger partial charge in [0.05, 0.1) is 18.3 Å². The van der Waals surface area contributed by atoms with E-state index in [1.54, 1.807) is 18.0 Å². The lowest BCUT2D eigenvalue weighted by atomic mass is 9.93. The molecule has 6 heteroatoms. The number of nitrogens with one attached hydrogen (secondary N) is 1. The van der Waals surface area contributed by atoms with Crippen LogP contribution in [0.5, 0.6) is 0 Å². The van der Waals surface area contributed by atoms with Gasteiger partial charge in [-0.2, -0.15) is 5.10 Å². The van der Waals surface area contributed by atoms with Crippen molar-refractivity contribution < 1.29 is 9.53 Å². The third-order valence-corrected chi connectivity index (χ3v) is 5.42. The molecule has 2 aliphatic rings. The van der Waals surface area contributed by atoms with E-state index in [0.29, 0.717) is 6.61 Å². The van der Waals surface area contributed by atoms with Gasteiger partial charge in [0, 0.05) is 20.4 Å². The predicted molar refractivity (Wildman–Crippen MR) is 88.0 cm³/mol. The Morgan fingerprint density at radius 2 is 2.04 bits per heavy atom. The first-order valence-corrected chi connectivity index (χ1v) is 8.70. The Hall–Kier alpha value is -1.40. The summed E-state index contributed by atoms with van der Waals surface area (Å²) in [6.07, 6.45) is 8.41. The second kappa shape index (κ2) is 7.01. The Kier molecular flexibility index (Phi) is 5.02. The van der Waals surface area contributed by atoms with E-state index in [4.69, 9.17) is 4.74 Å². The first kappa shape index (κ1) is 16.5. The summed E-state index contributed by atoms with van der Waals surface area (Å²) in [7, 11) is 3.57. The van der Waals surface area contributed by atoms with E-state index >= 15 is 0 Å². The predicted octanol–water partition coefficient (Wildman–Crippen LogP) is 1.63. The first-order valence-electron chi connectivity index (χ1n) is 8.70. The van der Waals surface area contributed by atoms with Crippen molar-refractivity contribution in [3.05, 3.63) is 18.0 Å². The zero-order chi connectivity index (χ0) is 16.3. The fourth-order valence-electron chi connectivity index (χ4n) is 4.18. The Balaban J connectivity index is 1.78. The van der Waals surface area contributed by atoms with E-state index in [1.807, 2.05) is 13.1 Å². The van der Waals surface area contributed by atoms with E-state index in [-0.39, 0.29) is 17.5 Å². The van der Waals surface area contributed by atoms with Crippen LogP contribution in [-0.2, 0) is 16.6 Å². The average molecular weight is 320 g/mol. The molecular weight excluding hydrogens is 292 g/mol. The van der Waals surface area contributed by atoms with Crippen molar-refractivity contribution in [1.82, 2.24) is 20.0 Å². The summed E-state index contributed by atoms with van der Waals surface area (Å²) < 4.78 is 7.14. The third kappa shape index (κ3) is 3.15. The number of hydrogen-bond donors (Lipinski definition) is 1. The van der Waals surface area contributed by atoms with Crippen LogP contribution in [0.25, 0.3) is 0 Å². The van der Waals surface area contributed by atoms with Crippen molar-refractivity contribution in [2.45, 2.75) is 50.1 Å². The molecule has 2 fully saturated rings. The van der Waals surface area contributed by atoms with Gasteiger partial charge in [-0.3, -0.25) is 14.4 Å². The lowest BCUT2D eigenvalue weighted by Gasteiger charge is -2.38. The number of amides is 1. The molecule has 1 saturated carbocycles. The summed E-state index contributed by atoms with van der Waals surface area (Å²) in [6.45, 7) is 2.56. The third-order valence-electron chi connectivity index (χ3n) is 5.42. The number of aryl methyl sites for hydroxylation is 1. The van der Waals surface area contributed by atoms with Crippen molar-refractivity contribution in [1.29, 1.82) is 0 Å². The molecule has 128 valence electrons. The van der Waals surface area contributed by atoms with Crippen LogP contribution in [0, 0.1) is 0 Å². The molecule has 23 heavy (non-hydrogen) atoms. The summed E-state index contributed by atoms with van der Waals surface area (Å²) in [4.78, 5) is 15.6. The molecule has 1 aromatic heterocycles. The van der Waals surface area contributed by atoms with Crippen molar-refractivity contribution in [3.63, 3.8) is 0 Å². The minimum atomic E-state index is -0.304. The molecule has 0 unspecified atom stereocenters. The normalized spacial score (nSPS) is 22.3. The second-order valence-electron chi connectivity index (χ2n) is 6.79. The molecule has 1 aliphatic heterocycles. The highest BCUT2D eigenvalue weighted by atomic mass is 16.5. The Labute approximate surface area is 138 Å². The first-order chi connectivity index (χ1) is 11.2. The summed E-state index contributed by atoms with van der Waals surface area (Å²) in [5.74, 6) is 0.167. The quantitative estimate of drug-likeness (QED) is 0.865. The van der Waals surface area contributed by atoms with Crippen molar-refractivity contribution in [2.75, 3.05) is 26.8 Å². The summed E-state index contributed by atoms with van der Waals surface area (Å²) in [6, 6.07) is 1.79. The minimum Gasteiger partial charge on any atom is -0.382 e. The Morgan fingerprint density at radius 1 is 1.35 bits per heavy atom. The number of methoxy groups -OCH3 is 1. The van der Waals surface area contributed by atoms with Gasteiger partial charge in [0.25, 0.3) is 0 Å². The number of hydrogen-bond acceptors (Lipinski definition) is 4. The van der Waals surface area contributed by atoms with Crippen LogP contribution in [0.4, 0.5) is 0 Å². The van der Waals surface area contributed by atoms with Gasteiger partial charge >= 0.3 is 0 Å². The van der Waals surface area contributed by atoms with Crippen molar-refractivity contribution in [2.24, 2.45) is 7.05 Å². The van der Waals surface area contributed by atoms with Gasteiger partial charge in [0.15, 0.2) is 0 Å². The molecule has 0 bridgehead atoms. The maximum Gasteiger partial charge on any atom is 0.241 e. The van der Waals surface area contributed by atoms with Gasteiger partial charge in [-0.15, -0.1) is 0 Å². The average Bonchev–Trinajstić information content (AvgIpc) is 3.28. The van der Waals surface area contributed by atoms with Crippen LogP contribution in [0.3, 0.4) is 0 Å². The van der Waals surface area contributed by atoms with Crippen LogP contribution < -0.4 is 5.32 Å². The molecular formula is C17H28N4O2. The van der Waals surface area contributed by atoms with E-state index < -0.39 is 0 Å². The minimum absolute atomic E-state index is 0.153. The molecule has 2 heterocycles. The van der Waals surface area contributed by atoms with Crippen LogP contribution in [0.1, 0.15) is 50.3 Å². The van der Waals surface area contributed by atoms with Gasteiger partial charge in [-0.1, -0.05) is 12.8 Å². The van der Waals surface area contributed by atoms with E-state index in [0.717, 1.165) is 44.5 Å². The highest BCUT2D eigenvalue weighted by molar-refractivity contribution is 5.87. The maximum absolute atomic E-state index is 13.2. The maximum atomic E-state index is 13.2. The molecule has 3 rings (SSSR count). The number of nitrogens with zero attached hydrogens (tertiary/aromatic N) is 3. The zero-order valence-corrected chi connectivity index (χ0v) is 14.3. The van der Waals surface area contributed by atoms with Crippen molar-refractivity contribution >= 4 is 5.91 Å². The van der Waals surface area contributed by atoms with Gasteiger partial charge in [-0.25, -0.2) is 0 Å². The van der Waals surface area contributed by atoms with Gasteiger partial charge in [0.1, 0.15) is 5.54 Å². The monoisotopic (exact) mass is 320 g/mol. The van der Waals surface area contributed by atoms with Crippen LogP contribution in [-0.4, -0.2) is 52.9 Å². The van der Waals surface area contributed by atoms with E-state index in [9.17, 15) is 4.79 Å². The number of carbonyl (C=O) groups is 1. The Morgan fingerprint density at radius 3 is 2.61 bits per heavy atom. The topological polar surface area (TPSA) is 59.4 Å². The van der Waals surface area contributed by atoms with Gasteiger partial charge in [0.2, 0.25) is 5.91 Å². The molecule has 0 aromatic carbocycles. The van der Waals surface area contributed by atoms with E-state index in [2.05, 4.69) is 15.3 Å². The summed E-state index contributed by atoms with van der Waals surface area (Å²) in [5.41, 5.74) is 0.677. The van der Waals surface area contributed by atoms with Crippen LogP contribution >= 0.6 is 0 Å². The molecule has 6 nitrogen and oxygen atoms in total. The SMILES string of the molecule is COC[C@@H](NC(=O)C1(N2CCCC2)CCCC1)c1ccnn1C. The molecule has 1 N–H and O–H groups in total. The largest absolute Gasteiger partial charge is 0.382 e. The lowest BCUT2D eigenvalue weighted by Crippen LogP contribution is -2.57. The van der Waals surface area contributed by atoms with Crippen LogP contribution in [0.2, 0.25) is 0 Å². The van der Waals surface area contributed by atoms with E-state index in [1.165, 1.54) is 12.8 Å². The standard InChI is InChI=1S/C17H28N4O2/c1-20-15(7-10-18-20)14(13-23-2)19-16(22)17(8-3-4-9-17)21-11-5-6-12-21/h7,10,14H,3-6,8-9,11-13H2,1-2H3,(H,19,22)/t14-/m1/s1. The molecule has 1 aliphatic carbocycles. The summed E-state index contributed by atoms with van der Waals surface area (Å²) in [5, 5.41) is 7.47. The molecule has 1 aromatic rings. The lowest BCUT2D eigenvalue weighted by molar-refractivity contribution is -0.134. The van der Waals surface area contributed by atoms with Crippen LogP contribution in [0.15, 0.2) is 12.3 Å². The van der Waals surface area contributed by atoms with Crippen molar-refractivity contribution in [3.8, 4) is 0 Å². The number of carbonyl (C=O) groups excluding carboxylic acids is 1. The second-order valence-corrected chi connectivity index (χ2v) is 6.79. The van der Waals surface area contributed by atoms with Gasteiger partial charge in [-0.05, 0) is 44.8 Å². The number of rotatable bonds is 6. The molecule has 1 saturated heterocycles. The Bertz CT molecular complexity index is 530. The molecule has 1 atom stereocenters. The zero-order valence-electron chi connectivity index (χ0n) is 14.3. The number of likely N-dealkylation sites (tertiary alicyclic amines) is 1. The fourth-order valence-corrected chi connectivity index (χ4v) is 4.18. The highest BCUT2D eigenvalue weighted by Crippen LogP contribution is 2.38. The molecule has 0 spiro atoms. The smallest absolute Gasteiger partial charge is 0.241 e. The summed E-state index contributed by atoms with van der Waals surface area (Å²) >= 11 is 0.